The van der Waals surface area contributed by atoms with Gasteiger partial charge >= 0.3 is 0 Å². The third kappa shape index (κ3) is 6.85. The second-order valence-corrected chi connectivity index (χ2v) is 8.53. The van der Waals surface area contributed by atoms with Gasteiger partial charge in [-0.25, -0.2) is 0 Å². The van der Waals surface area contributed by atoms with Gasteiger partial charge in [0, 0.05) is 43.7 Å². The predicted molar refractivity (Wildman–Crippen MR) is 131 cm³/mol. The predicted octanol–water partition coefficient (Wildman–Crippen LogP) is 5.36. The van der Waals surface area contributed by atoms with Crippen LogP contribution in [0.1, 0.15) is 29.9 Å². The summed E-state index contributed by atoms with van der Waals surface area (Å²) in [6.45, 7) is 8.65. The summed E-state index contributed by atoms with van der Waals surface area (Å²) in [6.07, 6.45) is 2.57. The number of morpholine rings is 1. The van der Waals surface area contributed by atoms with Gasteiger partial charge in [0.1, 0.15) is 0 Å². The maximum atomic E-state index is 6.16. The fraction of sp³-hybridized carbons (Fsp3) is 0.500. The number of ether oxygens (including phenoxy) is 1. The molecule has 2 aliphatic heterocycles. The van der Waals surface area contributed by atoms with Crippen molar-refractivity contribution in [2.75, 3.05) is 52.5 Å². The van der Waals surface area contributed by atoms with E-state index in [0.717, 1.165) is 37.9 Å². The molecule has 4 rings (SSSR count). The summed E-state index contributed by atoms with van der Waals surface area (Å²) in [5.74, 6) is 1.08. The van der Waals surface area contributed by atoms with E-state index < -0.39 is 0 Å². The molecule has 2 aromatic carbocycles. The Hall–Kier alpha value is -0.810. The van der Waals surface area contributed by atoms with Gasteiger partial charge in [-0.15, -0.1) is 24.8 Å². The van der Waals surface area contributed by atoms with Crippen molar-refractivity contribution in [1.29, 1.82) is 0 Å². The van der Waals surface area contributed by atoms with Crippen LogP contribution in [0.4, 0.5) is 0 Å². The molecule has 2 heterocycles. The molecule has 6 heteroatoms. The molecule has 2 unspecified atom stereocenters. The molecule has 0 N–H and O–H groups in total. The zero-order valence-corrected chi connectivity index (χ0v) is 19.8. The third-order valence-electron chi connectivity index (χ3n) is 6.24. The van der Waals surface area contributed by atoms with Crippen LogP contribution >= 0.6 is 36.4 Å². The molecule has 0 bridgehead atoms. The van der Waals surface area contributed by atoms with Crippen molar-refractivity contribution in [3.63, 3.8) is 0 Å². The molecular formula is C24H33Cl3N2O. The van der Waals surface area contributed by atoms with Crippen LogP contribution in [0.25, 0.3) is 0 Å². The third-order valence-corrected chi connectivity index (χ3v) is 6.49. The maximum Gasteiger partial charge on any atom is 0.0594 e. The summed E-state index contributed by atoms with van der Waals surface area (Å²) in [6, 6.07) is 19.5. The van der Waals surface area contributed by atoms with E-state index in [9.17, 15) is 0 Å². The molecule has 2 saturated heterocycles. The quantitative estimate of drug-likeness (QED) is 0.564. The van der Waals surface area contributed by atoms with Crippen LogP contribution in [0, 0.1) is 5.92 Å². The Kier molecular flexibility index (Phi) is 10.9. The summed E-state index contributed by atoms with van der Waals surface area (Å²) in [7, 11) is 0. The Morgan fingerprint density at radius 1 is 0.833 bits per heavy atom. The molecule has 2 fully saturated rings. The van der Waals surface area contributed by atoms with Crippen molar-refractivity contribution in [2.24, 2.45) is 5.92 Å². The topological polar surface area (TPSA) is 15.7 Å². The van der Waals surface area contributed by atoms with Crippen LogP contribution in [0.5, 0.6) is 0 Å². The number of halogens is 3. The van der Waals surface area contributed by atoms with Gasteiger partial charge in [-0.2, -0.15) is 0 Å². The van der Waals surface area contributed by atoms with Gasteiger partial charge in [-0.3, -0.25) is 4.90 Å². The van der Waals surface area contributed by atoms with Crippen molar-refractivity contribution < 1.29 is 4.74 Å². The summed E-state index contributed by atoms with van der Waals surface area (Å²) < 4.78 is 5.48. The van der Waals surface area contributed by atoms with Crippen molar-refractivity contribution in [3.05, 3.63) is 70.7 Å². The van der Waals surface area contributed by atoms with Gasteiger partial charge in [0.05, 0.1) is 13.2 Å². The smallest absolute Gasteiger partial charge is 0.0594 e. The second kappa shape index (κ2) is 12.9. The highest BCUT2D eigenvalue weighted by Crippen LogP contribution is 2.37. The largest absolute Gasteiger partial charge is 0.379 e. The van der Waals surface area contributed by atoms with E-state index in [2.05, 4.69) is 52.3 Å². The molecule has 0 spiro atoms. The molecule has 2 aliphatic rings. The minimum absolute atomic E-state index is 0. The van der Waals surface area contributed by atoms with Crippen molar-refractivity contribution in [2.45, 2.75) is 18.8 Å². The Morgan fingerprint density at radius 2 is 1.47 bits per heavy atom. The second-order valence-electron chi connectivity index (χ2n) is 8.10. The van der Waals surface area contributed by atoms with E-state index in [1.54, 1.807) is 0 Å². The highest BCUT2D eigenvalue weighted by atomic mass is 35.5. The van der Waals surface area contributed by atoms with Crippen LogP contribution < -0.4 is 0 Å². The summed E-state index contributed by atoms with van der Waals surface area (Å²) in [4.78, 5) is 5.22. The number of hydrogen-bond donors (Lipinski definition) is 0. The Labute approximate surface area is 198 Å². The number of likely N-dealkylation sites (tertiary alicyclic amines) is 1. The lowest BCUT2D eigenvalue weighted by atomic mass is 9.77. The Balaban J connectivity index is 0.00000160. The van der Waals surface area contributed by atoms with Crippen LogP contribution in [-0.2, 0) is 4.74 Å². The van der Waals surface area contributed by atoms with Crippen molar-refractivity contribution in [1.82, 2.24) is 9.80 Å². The monoisotopic (exact) mass is 470 g/mol. The van der Waals surface area contributed by atoms with E-state index in [1.165, 1.54) is 43.6 Å². The number of rotatable bonds is 6. The van der Waals surface area contributed by atoms with E-state index >= 15 is 0 Å². The van der Waals surface area contributed by atoms with Crippen LogP contribution in [0.15, 0.2) is 54.6 Å². The minimum Gasteiger partial charge on any atom is -0.379 e. The SMILES string of the molecule is Cl.Cl.Clc1ccc(C(c2ccccc2)C2CCCN(CCN3CCOCC3)C2)cc1. The van der Waals surface area contributed by atoms with Gasteiger partial charge in [0.2, 0.25) is 0 Å². The highest BCUT2D eigenvalue weighted by molar-refractivity contribution is 6.30. The first-order chi connectivity index (χ1) is 13.8. The average Bonchev–Trinajstić information content (AvgIpc) is 2.76. The molecule has 2 aromatic rings. The molecular weight excluding hydrogens is 439 g/mol. The summed E-state index contributed by atoms with van der Waals surface area (Å²) in [5, 5.41) is 0.811. The van der Waals surface area contributed by atoms with Gasteiger partial charge in [-0.05, 0) is 48.6 Å². The first-order valence-electron chi connectivity index (χ1n) is 10.6. The van der Waals surface area contributed by atoms with Crippen molar-refractivity contribution in [3.8, 4) is 0 Å². The average molecular weight is 472 g/mol. The normalized spacial score (nSPS) is 21.3. The number of benzene rings is 2. The zero-order valence-electron chi connectivity index (χ0n) is 17.4. The molecule has 30 heavy (non-hydrogen) atoms. The van der Waals surface area contributed by atoms with Crippen molar-refractivity contribution >= 4 is 36.4 Å². The van der Waals surface area contributed by atoms with E-state index in [1.807, 2.05) is 12.1 Å². The lowest BCUT2D eigenvalue weighted by Crippen LogP contribution is -2.44. The highest BCUT2D eigenvalue weighted by Gasteiger charge is 2.29. The number of nitrogens with zero attached hydrogens (tertiary/aromatic N) is 2. The molecule has 2 atom stereocenters. The summed E-state index contributed by atoms with van der Waals surface area (Å²) in [5.41, 5.74) is 2.81. The number of piperidine rings is 1. The molecule has 0 amide bonds. The van der Waals surface area contributed by atoms with E-state index in [0.29, 0.717) is 11.8 Å². The van der Waals surface area contributed by atoms with Gasteiger partial charge in [0.15, 0.2) is 0 Å². The lowest BCUT2D eigenvalue weighted by molar-refractivity contribution is 0.0305. The Bertz CT molecular complexity index is 723. The van der Waals surface area contributed by atoms with E-state index in [-0.39, 0.29) is 24.8 Å². The molecule has 0 aliphatic carbocycles. The standard InChI is InChI=1S/C24H31ClN2O.2ClH/c25-23-10-8-21(9-11-23)24(20-5-2-1-3-6-20)22-7-4-12-27(19-22)14-13-26-15-17-28-18-16-26;;/h1-3,5-6,8-11,22,24H,4,7,12-19H2;2*1H. The van der Waals surface area contributed by atoms with Gasteiger partial charge < -0.3 is 9.64 Å². The fourth-order valence-corrected chi connectivity index (χ4v) is 4.87. The van der Waals surface area contributed by atoms with Gasteiger partial charge in [0.25, 0.3) is 0 Å². The molecule has 166 valence electrons. The molecule has 0 saturated carbocycles. The van der Waals surface area contributed by atoms with E-state index in [4.69, 9.17) is 16.3 Å². The first kappa shape index (κ1) is 25.5. The maximum absolute atomic E-state index is 6.16. The number of hydrogen-bond acceptors (Lipinski definition) is 3. The van der Waals surface area contributed by atoms with Crippen LogP contribution in [-0.4, -0.2) is 62.3 Å². The van der Waals surface area contributed by atoms with Crippen LogP contribution in [0.2, 0.25) is 5.02 Å². The van der Waals surface area contributed by atoms with Crippen LogP contribution in [0.3, 0.4) is 0 Å². The summed E-state index contributed by atoms with van der Waals surface area (Å²) >= 11 is 6.16. The zero-order chi connectivity index (χ0) is 19.2. The minimum atomic E-state index is 0. The first-order valence-corrected chi connectivity index (χ1v) is 11.0. The molecule has 3 nitrogen and oxygen atoms in total. The molecule has 0 radical (unpaired) electrons. The molecule has 0 aromatic heterocycles. The Morgan fingerprint density at radius 3 is 2.17 bits per heavy atom. The lowest BCUT2D eigenvalue weighted by Gasteiger charge is -2.38. The van der Waals surface area contributed by atoms with Gasteiger partial charge in [-0.1, -0.05) is 54.1 Å². The fourth-order valence-electron chi connectivity index (χ4n) is 4.74.